The maximum Gasteiger partial charge on any atom is 0.341 e. The van der Waals surface area contributed by atoms with Crippen molar-refractivity contribution in [1.29, 1.82) is 5.41 Å². The summed E-state index contributed by atoms with van der Waals surface area (Å²) in [6, 6.07) is 15.2. The van der Waals surface area contributed by atoms with Crippen LogP contribution in [0.4, 0.5) is 0 Å². The molecule has 4 nitrogen and oxygen atoms in total. The molecular weight excluding hydrogens is 266 g/mol. The van der Waals surface area contributed by atoms with E-state index in [4.69, 9.17) is 14.6 Å². The first kappa shape index (κ1) is 13.1. The van der Waals surface area contributed by atoms with Gasteiger partial charge < -0.3 is 14.6 Å². The third-order valence-electron chi connectivity index (χ3n) is 3.33. The van der Waals surface area contributed by atoms with Gasteiger partial charge >= 0.3 is 5.97 Å². The van der Waals surface area contributed by atoms with Crippen LogP contribution in [0.3, 0.4) is 0 Å². The van der Waals surface area contributed by atoms with E-state index in [1.54, 1.807) is 0 Å². The maximum absolute atomic E-state index is 11.9. The first-order valence-electron chi connectivity index (χ1n) is 6.45. The van der Waals surface area contributed by atoms with Gasteiger partial charge in [-0.05, 0) is 10.8 Å². The normalized spacial score (nSPS) is 10.5. The molecule has 104 valence electrons. The number of benzene rings is 2. The van der Waals surface area contributed by atoms with E-state index in [9.17, 15) is 4.79 Å². The fourth-order valence-corrected chi connectivity index (χ4v) is 2.37. The number of furan rings is 1. The number of rotatable bonds is 3. The third-order valence-corrected chi connectivity index (χ3v) is 3.33. The molecule has 0 aliphatic carbocycles. The monoisotopic (exact) mass is 279 g/mol. The Morgan fingerprint density at radius 1 is 1.19 bits per heavy atom. The molecule has 0 radical (unpaired) electrons. The zero-order valence-electron chi connectivity index (χ0n) is 11.4. The number of carbonyl (C=O) groups is 1. The zero-order chi connectivity index (χ0) is 14.8. The van der Waals surface area contributed by atoms with Gasteiger partial charge in [0.2, 0.25) is 0 Å². The number of methoxy groups -OCH3 is 1. The molecule has 0 aliphatic heterocycles. The molecule has 0 spiro atoms. The summed E-state index contributed by atoms with van der Waals surface area (Å²) in [5.74, 6) is 0.269. The van der Waals surface area contributed by atoms with Crippen LogP contribution in [-0.2, 0) is 4.74 Å². The summed E-state index contributed by atoms with van der Waals surface area (Å²) in [5, 5.41) is 9.34. The Kier molecular flexibility index (Phi) is 3.28. The third kappa shape index (κ3) is 2.21. The van der Waals surface area contributed by atoms with E-state index in [1.165, 1.54) is 13.2 Å². The smallest absolute Gasteiger partial charge is 0.341 e. The van der Waals surface area contributed by atoms with Gasteiger partial charge in [0, 0.05) is 11.6 Å². The molecule has 4 heteroatoms. The van der Waals surface area contributed by atoms with E-state index in [0.29, 0.717) is 17.1 Å². The van der Waals surface area contributed by atoms with E-state index in [-0.39, 0.29) is 0 Å². The van der Waals surface area contributed by atoms with Gasteiger partial charge in [0.05, 0.1) is 13.3 Å². The average Bonchev–Trinajstić information content (AvgIpc) is 2.97. The van der Waals surface area contributed by atoms with Crippen LogP contribution in [0.2, 0.25) is 0 Å². The lowest BCUT2D eigenvalue weighted by Gasteiger charge is -2.05. The van der Waals surface area contributed by atoms with Crippen molar-refractivity contribution in [3.05, 3.63) is 59.9 Å². The predicted molar refractivity (Wildman–Crippen MR) is 80.9 cm³/mol. The minimum atomic E-state index is -0.477. The number of hydrogen-bond donors (Lipinski definition) is 1. The van der Waals surface area contributed by atoms with Crippen LogP contribution >= 0.6 is 0 Å². The molecule has 0 aliphatic rings. The lowest BCUT2D eigenvalue weighted by atomic mass is 10.0. The van der Waals surface area contributed by atoms with E-state index < -0.39 is 5.97 Å². The second kappa shape index (κ2) is 5.25. The molecule has 0 atom stereocenters. The van der Waals surface area contributed by atoms with Crippen molar-refractivity contribution >= 4 is 23.0 Å². The molecule has 3 rings (SSSR count). The molecule has 0 saturated heterocycles. The van der Waals surface area contributed by atoms with E-state index in [0.717, 1.165) is 22.6 Å². The molecule has 0 bridgehead atoms. The van der Waals surface area contributed by atoms with E-state index >= 15 is 0 Å². The van der Waals surface area contributed by atoms with Gasteiger partial charge in [-0.1, -0.05) is 42.5 Å². The highest BCUT2D eigenvalue weighted by Crippen LogP contribution is 2.33. The minimum absolute atomic E-state index is 0.318. The van der Waals surface area contributed by atoms with Gasteiger partial charge in [-0.15, -0.1) is 0 Å². The van der Waals surface area contributed by atoms with Crippen LogP contribution in [0.15, 0.2) is 52.9 Å². The van der Waals surface area contributed by atoms with Crippen LogP contribution < -0.4 is 0 Å². The molecular formula is C17H13NO3. The highest BCUT2D eigenvalue weighted by Gasteiger charge is 2.20. The summed E-state index contributed by atoms with van der Waals surface area (Å²) in [6.45, 7) is 0. The van der Waals surface area contributed by atoms with Crippen molar-refractivity contribution in [3.63, 3.8) is 0 Å². The molecule has 21 heavy (non-hydrogen) atoms. The second-order valence-electron chi connectivity index (χ2n) is 4.55. The Bertz CT molecular complexity index is 828. The predicted octanol–water partition coefficient (Wildman–Crippen LogP) is 3.88. The van der Waals surface area contributed by atoms with Crippen molar-refractivity contribution in [1.82, 2.24) is 0 Å². The highest BCUT2D eigenvalue weighted by atomic mass is 16.5. The average molecular weight is 279 g/mol. The molecule has 0 saturated carbocycles. The summed E-state index contributed by atoms with van der Waals surface area (Å²) >= 11 is 0. The lowest BCUT2D eigenvalue weighted by molar-refractivity contribution is 0.0601. The summed E-state index contributed by atoms with van der Waals surface area (Å²) in [6.07, 6.45) is 1.07. The summed E-state index contributed by atoms with van der Waals surface area (Å²) < 4.78 is 10.4. The van der Waals surface area contributed by atoms with Crippen molar-refractivity contribution < 1.29 is 13.9 Å². The SMILES string of the molecule is COC(=O)c1cc(C=N)oc1-c1cccc2ccccc12. The number of carbonyl (C=O) groups excluding carboxylic acids is 1. The topological polar surface area (TPSA) is 63.3 Å². The van der Waals surface area contributed by atoms with E-state index in [1.807, 2.05) is 42.5 Å². The number of esters is 1. The Labute approximate surface area is 121 Å². The second-order valence-corrected chi connectivity index (χ2v) is 4.55. The Morgan fingerprint density at radius 2 is 1.95 bits per heavy atom. The van der Waals surface area contributed by atoms with Gasteiger partial charge in [-0.3, -0.25) is 0 Å². The fourth-order valence-electron chi connectivity index (χ4n) is 2.37. The first-order chi connectivity index (χ1) is 10.2. The Balaban J connectivity index is 2.30. The minimum Gasteiger partial charge on any atom is -0.465 e. The van der Waals surface area contributed by atoms with Gasteiger partial charge in [0.1, 0.15) is 17.1 Å². The first-order valence-corrected chi connectivity index (χ1v) is 6.45. The largest absolute Gasteiger partial charge is 0.465 e. The van der Waals surface area contributed by atoms with Gasteiger partial charge in [-0.2, -0.15) is 0 Å². The molecule has 1 aromatic heterocycles. The quantitative estimate of drug-likeness (QED) is 0.584. The maximum atomic E-state index is 11.9. The van der Waals surface area contributed by atoms with Crippen LogP contribution in [0.1, 0.15) is 16.1 Å². The van der Waals surface area contributed by atoms with Gasteiger partial charge in [-0.25, -0.2) is 4.79 Å². The molecule has 0 amide bonds. The standard InChI is InChI=1S/C17H13NO3/c1-20-17(19)15-9-12(10-18)21-16(15)14-8-4-6-11-5-2-3-7-13(11)14/h2-10,18H,1H3. The Hall–Kier alpha value is -2.88. The highest BCUT2D eigenvalue weighted by molar-refractivity contribution is 6.03. The molecule has 3 aromatic rings. The molecule has 1 N–H and O–H groups in total. The van der Waals surface area contributed by atoms with Gasteiger partial charge in [0.25, 0.3) is 0 Å². The molecule has 2 aromatic carbocycles. The van der Waals surface area contributed by atoms with Crippen LogP contribution in [-0.4, -0.2) is 19.3 Å². The number of fused-ring (bicyclic) bond motifs is 1. The van der Waals surface area contributed by atoms with Gasteiger partial charge in [0.15, 0.2) is 0 Å². The lowest BCUT2D eigenvalue weighted by Crippen LogP contribution is -2.01. The molecule has 1 heterocycles. The van der Waals surface area contributed by atoms with Crippen molar-refractivity contribution in [3.8, 4) is 11.3 Å². The molecule has 0 fully saturated rings. The fraction of sp³-hybridized carbons (Fsp3) is 0.0588. The number of hydrogen-bond acceptors (Lipinski definition) is 4. The Morgan fingerprint density at radius 3 is 2.71 bits per heavy atom. The van der Waals surface area contributed by atoms with Crippen molar-refractivity contribution in [2.45, 2.75) is 0 Å². The zero-order valence-corrected chi connectivity index (χ0v) is 11.4. The van der Waals surface area contributed by atoms with Crippen LogP contribution in [0.5, 0.6) is 0 Å². The van der Waals surface area contributed by atoms with Crippen molar-refractivity contribution in [2.24, 2.45) is 0 Å². The number of ether oxygens (including phenoxy) is 1. The van der Waals surface area contributed by atoms with Crippen molar-refractivity contribution in [2.75, 3.05) is 7.11 Å². The molecule has 0 unspecified atom stereocenters. The van der Waals surface area contributed by atoms with Crippen LogP contribution in [0.25, 0.3) is 22.1 Å². The summed E-state index contributed by atoms with van der Waals surface area (Å²) in [5.41, 5.74) is 1.13. The van der Waals surface area contributed by atoms with E-state index in [2.05, 4.69) is 0 Å². The number of nitrogens with one attached hydrogen (secondary N) is 1. The summed E-state index contributed by atoms with van der Waals surface area (Å²) in [4.78, 5) is 11.9. The van der Waals surface area contributed by atoms with Crippen LogP contribution in [0, 0.1) is 5.41 Å². The summed E-state index contributed by atoms with van der Waals surface area (Å²) in [7, 11) is 1.33.